The maximum atomic E-state index is 2.69. The Morgan fingerprint density at radius 2 is 0.172 bits per heavy atom. The number of rotatable bonds is 42. The molecule has 0 aliphatic heterocycles. The Bertz CT molecular complexity index is 1420. The molecule has 0 N–H and O–H groups in total. The van der Waals surface area contributed by atoms with Crippen LogP contribution in [0.3, 0.4) is 0 Å². The van der Waals surface area contributed by atoms with E-state index in [2.05, 4.69) is 339 Å². The summed E-state index contributed by atoms with van der Waals surface area (Å²) in [7, 11) is 0. The largest absolute Gasteiger partial charge is 0.0625 e. The van der Waals surface area contributed by atoms with Crippen molar-refractivity contribution in [1.82, 2.24) is 0 Å². The SMILES string of the molecule is CC(C)C(C(C)C)C(C(C(C)C)C(C)C)C(C(C(C(C)C)C(C)C)C(C(C)C)C(C)C)(C(C(C(C)C)C(C)C)C(C(C)C)C(C)C)C(C(C(C)C)C(C)C)C(C(C)C)C(C)C.CC(C)C(C(C)C)C(C(C)C(C(C(C)C)C(C)C)C(C(C)C)C(C)C)C(C(C)C)C(C)C. The highest BCUT2D eigenvalue weighted by Gasteiger charge is 2.69. The van der Waals surface area contributed by atoms with E-state index in [0.29, 0.717) is 166 Å². The second-order valence-corrected chi connectivity index (χ2v) is 41.9. The first-order chi connectivity index (χ1) is 42.1. The van der Waals surface area contributed by atoms with Gasteiger partial charge in [-0.3, -0.25) is 0 Å². The van der Waals surface area contributed by atoms with Gasteiger partial charge in [0, 0.05) is 0 Å². The molecule has 0 aromatic rings. The minimum Gasteiger partial charge on any atom is -0.0625 e. The van der Waals surface area contributed by atoms with Crippen LogP contribution >= 0.6 is 0 Å². The van der Waals surface area contributed by atoms with Gasteiger partial charge in [-0.2, -0.15) is 0 Å². The lowest BCUT2D eigenvalue weighted by Gasteiger charge is -2.72. The van der Waals surface area contributed by atoms with Gasteiger partial charge in [0.1, 0.15) is 0 Å². The van der Waals surface area contributed by atoms with Crippen LogP contribution in [0.25, 0.3) is 0 Å². The Hall–Kier alpha value is 0. The molecule has 0 aromatic heterocycles. The molecule has 562 valence electrons. The van der Waals surface area contributed by atoms with Crippen molar-refractivity contribution >= 4 is 0 Å². The fourth-order valence-corrected chi connectivity index (χ4v) is 26.6. The molecule has 0 radical (unpaired) electrons. The molecule has 0 heterocycles. The Labute approximate surface area is 595 Å². The van der Waals surface area contributed by atoms with Gasteiger partial charge in [-0.25, -0.2) is 0 Å². The van der Waals surface area contributed by atoms with Gasteiger partial charge in [0.2, 0.25) is 0 Å². The van der Waals surface area contributed by atoms with Gasteiger partial charge < -0.3 is 0 Å². The van der Waals surface area contributed by atoms with Gasteiger partial charge in [-0.05, 0) is 260 Å². The van der Waals surface area contributed by atoms with Crippen LogP contribution in [0.15, 0.2) is 0 Å². The van der Waals surface area contributed by atoms with E-state index in [-0.39, 0.29) is 5.41 Å². The molecular formula is C93H190. The predicted octanol–water partition coefficient (Wildman–Crippen LogP) is 30.4. The lowest BCUT2D eigenvalue weighted by Crippen LogP contribution is -2.68. The molecule has 0 amide bonds. The minimum absolute atomic E-state index is 0.0493. The predicted molar refractivity (Wildman–Crippen MR) is 431 cm³/mol. The number of hydrogen-bond donors (Lipinski definition) is 0. The summed E-state index contributed by atoms with van der Waals surface area (Å²) < 4.78 is 0. The molecule has 0 rings (SSSR count). The first-order valence-electron chi connectivity index (χ1n) is 42.1. The molecular weight excluding hydrogens is 1120 g/mol. The molecule has 0 atom stereocenters. The van der Waals surface area contributed by atoms with Gasteiger partial charge in [0.25, 0.3) is 0 Å². The summed E-state index contributed by atoms with van der Waals surface area (Å²) in [5, 5.41) is 0. The Morgan fingerprint density at radius 1 is 0.0968 bits per heavy atom. The monoisotopic (exact) mass is 1310 g/mol. The van der Waals surface area contributed by atoms with E-state index in [0.717, 1.165) is 88.8 Å². The van der Waals surface area contributed by atoms with Crippen LogP contribution in [-0.2, 0) is 0 Å². The van der Waals surface area contributed by atoms with Crippen molar-refractivity contribution in [1.29, 1.82) is 0 Å². The van der Waals surface area contributed by atoms with Crippen LogP contribution in [0.1, 0.15) is 339 Å². The van der Waals surface area contributed by atoms with Crippen LogP contribution in [-0.4, -0.2) is 0 Å². The van der Waals surface area contributed by atoms with Crippen molar-refractivity contribution in [2.45, 2.75) is 339 Å². The van der Waals surface area contributed by atoms with Gasteiger partial charge >= 0.3 is 0 Å². The van der Waals surface area contributed by atoms with E-state index >= 15 is 0 Å². The topological polar surface area (TPSA) is 0 Å². The average Bonchev–Trinajstić information content (AvgIpc) is 3.33. The van der Waals surface area contributed by atoms with Crippen LogP contribution in [0, 0.1) is 260 Å². The Morgan fingerprint density at radius 3 is 0.237 bits per heavy atom. The summed E-state index contributed by atoms with van der Waals surface area (Å²) in [6.45, 7) is 128. The third kappa shape index (κ3) is 24.1. The first kappa shape index (κ1) is 95.1. The van der Waals surface area contributed by atoms with Crippen LogP contribution < -0.4 is 0 Å². The average molecular weight is 1310 g/mol. The van der Waals surface area contributed by atoms with Crippen molar-refractivity contribution in [3.63, 3.8) is 0 Å². The van der Waals surface area contributed by atoms with Crippen LogP contribution in [0.4, 0.5) is 0 Å². The van der Waals surface area contributed by atoms with Crippen molar-refractivity contribution in [3.8, 4) is 0 Å². The summed E-state index contributed by atoms with van der Waals surface area (Å²) >= 11 is 0. The molecule has 0 aliphatic rings. The third-order valence-corrected chi connectivity index (χ3v) is 27.1. The van der Waals surface area contributed by atoms with Crippen LogP contribution in [0.2, 0.25) is 0 Å². The molecule has 0 saturated carbocycles. The van der Waals surface area contributed by atoms with E-state index in [1.807, 2.05) is 0 Å². The standard InChI is InChI=1S/C61H124.C32H66/c1-33(2)49(34(3)4)57(50(35(5)6)36(7)8)61(58(51(37(9)10)38(11)12)52(39(13)14)40(15)16,59(53(41(17)18)42(19)20)54(43(21)22)44(23)24)60(55(45(25)26)46(27)28)56(47(29)30)48(31)32;1-18(2)27(19(3)4)31(28(20(5)6)21(7)8)26(17)32(29(22(9)10)23(11)12)30(24(13)14)25(15)16/h33-60H,1-32H3;18-32H,1-17H3. The molecule has 0 unspecified atom stereocenters. The van der Waals surface area contributed by atoms with E-state index in [1.54, 1.807) is 0 Å². The highest BCUT2D eigenvalue weighted by Crippen LogP contribution is 2.73. The highest BCUT2D eigenvalue weighted by atomic mass is 14.7. The molecule has 0 heteroatoms. The highest BCUT2D eigenvalue weighted by molar-refractivity contribution is 5.16. The number of hydrogen-bond acceptors (Lipinski definition) is 0. The maximum absolute atomic E-state index is 2.69. The van der Waals surface area contributed by atoms with Gasteiger partial charge in [-0.15, -0.1) is 0 Å². The summed E-state index contributed by atoms with van der Waals surface area (Å²) in [5.74, 6) is 28.1. The Kier molecular flexibility index (Phi) is 42.7. The molecule has 0 saturated heterocycles. The zero-order chi connectivity index (χ0) is 74.3. The quantitative estimate of drug-likeness (QED) is 0.0571. The van der Waals surface area contributed by atoms with Crippen molar-refractivity contribution in [3.05, 3.63) is 0 Å². The normalized spacial score (nSPS) is 14.6. The molecule has 0 nitrogen and oxygen atoms in total. The summed E-state index contributed by atoms with van der Waals surface area (Å²) in [6.07, 6.45) is 0. The molecule has 0 bridgehead atoms. The fourth-order valence-electron chi connectivity index (χ4n) is 26.6. The zero-order valence-corrected chi connectivity index (χ0v) is 74.3. The summed E-state index contributed by atoms with van der Waals surface area (Å²) in [4.78, 5) is 0. The van der Waals surface area contributed by atoms with Gasteiger partial charge in [0.05, 0.1) is 0 Å². The molecule has 0 fully saturated rings. The third-order valence-electron chi connectivity index (χ3n) is 27.1. The molecule has 0 spiro atoms. The smallest absolute Gasteiger partial charge is 0.0162 e. The van der Waals surface area contributed by atoms with E-state index in [9.17, 15) is 0 Å². The second kappa shape index (κ2) is 41.8. The molecule has 93 heavy (non-hydrogen) atoms. The molecule has 0 aliphatic carbocycles. The van der Waals surface area contributed by atoms with E-state index in [1.165, 1.54) is 0 Å². The van der Waals surface area contributed by atoms with E-state index in [4.69, 9.17) is 0 Å². The maximum Gasteiger partial charge on any atom is -0.0162 e. The summed E-state index contributed by atoms with van der Waals surface area (Å²) in [6, 6.07) is 0. The molecule has 0 aromatic carbocycles. The Balaban J connectivity index is 0. The minimum atomic E-state index is 0.0493. The zero-order valence-electron chi connectivity index (χ0n) is 74.3. The lowest BCUT2D eigenvalue weighted by atomic mass is 9.32. The first-order valence-corrected chi connectivity index (χ1v) is 42.1. The van der Waals surface area contributed by atoms with Crippen molar-refractivity contribution < 1.29 is 0 Å². The van der Waals surface area contributed by atoms with Gasteiger partial charge in [-0.1, -0.05) is 339 Å². The van der Waals surface area contributed by atoms with Crippen molar-refractivity contribution in [2.75, 3.05) is 0 Å². The van der Waals surface area contributed by atoms with Gasteiger partial charge in [0.15, 0.2) is 0 Å². The van der Waals surface area contributed by atoms with E-state index < -0.39 is 0 Å². The fraction of sp³-hybridized carbons (Fsp3) is 1.00. The summed E-state index contributed by atoms with van der Waals surface area (Å²) in [5.41, 5.74) is 0.0493. The van der Waals surface area contributed by atoms with Crippen molar-refractivity contribution in [2.24, 2.45) is 260 Å². The lowest BCUT2D eigenvalue weighted by molar-refractivity contribution is -0.253. The second-order valence-electron chi connectivity index (χ2n) is 41.9. The van der Waals surface area contributed by atoms with Crippen LogP contribution in [0.5, 0.6) is 0 Å².